The number of nitrogens with zero attached hydrogens (tertiary/aromatic N) is 1. The van der Waals surface area contributed by atoms with Crippen molar-refractivity contribution < 1.29 is 14.3 Å². The van der Waals surface area contributed by atoms with E-state index < -0.39 is 5.97 Å². The molecule has 0 fully saturated rings. The van der Waals surface area contributed by atoms with Crippen LogP contribution in [0.1, 0.15) is 18.1 Å². The molecule has 0 saturated carbocycles. The maximum absolute atomic E-state index is 12.0. The minimum absolute atomic E-state index is 0.143. The fourth-order valence-electron chi connectivity index (χ4n) is 2.15. The summed E-state index contributed by atoms with van der Waals surface area (Å²) < 4.78 is 6.35. The summed E-state index contributed by atoms with van der Waals surface area (Å²) in [5.74, 6) is -0.365. The number of ether oxygens (including phenoxy) is 1. The Hall–Kier alpha value is -2.48. The number of carbonyl (C=O) groups is 2. The molecule has 0 aromatic heterocycles. The van der Waals surface area contributed by atoms with Gasteiger partial charge in [-0.25, -0.2) is 9.79 Å². The highest BCUT2D eigenvalue weighted by Crippen LogP contribution is 2.20. The lowest BCUT2D eigenvalue weighted by Crippen LogP contribution is -2.07. The van der Waals surface area contributed by atoms with Crippen LogP contribution in [0.3, 0.4) is 0 Å². The van der Waals surface area contributed by atoms with E-state index in [1.54, 1.807) is 30.3 Å². The van der Waals surface area contributed by atoms with Gasteiger partial charge < -0.3 is 10.1 Å². The van der Waals surface area contributed by atoms with Crippen LogP contribution in [-0.4, -0.2) is 17.8 Å². The average molecular weight is 432 g/mol. The van der Waals surface area contributed by atoms with Gasteiger partial charge in [-0.2, -0.15) is 0 Å². The van der Waals surface area contributed by atoms with Gasteiger partial charge >= 0.3 is 5.97 Å². The van der Waals surface area contributed by atoms with Crippen molar-refractivity contribution in [1.29, 1.82) is 0 Å². The molecule has 0 radical (unpaired) electrons. The van der Waals surface area contributed by atoms with Gasteiger partial charge in [-0.3, -0.25) is 4.79 Å². The average Bonchev–Trinajstić information content (AvgIpc) is 2.91. The van der Waals surface area contributed by atoms with E-state index in [1.807, 2.05) is 24.3 Å². The summed E-state index contributed by atoms with van der Waals surface area (Å²) in [5.41, 5.74) is 2.49. The van der Waals surface area contributed by atoms with Gasteiger partial charge in [0.25, 0.3) is 0 Å². The van der Waals surface area contributed by atoms with E-state index in [0.29, 0.717) is 11.3 Å². The molecule has 1 aliphatic rings. The summed E-state index contributed by atoms with van der Waals surface area (Å²) in [5, 5.41) is 2.68. The molecule has 5 nitrogen and oxygen atoms in total. The second kappa shape index (κ2) is 6.96. The van der Waals surface area contributed by atoms with Gasteiger partial charge in [-0.1, -0.05) is 12.1 Å². The number of benzene rings is 2. The highest BCUT2D eigenvalue weighted by molar-refractivity contribution is 14.1. The van der Waals surface area contributed by atoms with Gasteiger partial charge in [-0.05, 0) is 70.6 Å². The summed E-state index contributed by atoms with van der Waals surface area (Å²) in [6, 6.07) is 14.7. The molecule has 24 heavy (non-hydrogen) atoms. The number of hydrogen-bond acceptors (Lipinski definition) is 4. The highest BCUT2D eigenvalue weighted by Gasteiger charge is 2.24. The summed E-state index contributed by atoms with van der Waals surface area (Å²) in [7, 11) is 0. The van der Waals surface area contributed by atoms with Crippen molar-refractivity contribution in [3.8, 4) is 0 Å². The minimum Gasteiger partial charge on any atom is -0.402 e. The first kappa shape index (κ1) is 16.4. The summed E-state index contributed by atoms with van der Waals surface area (Å²) in [6.07, 6.45) is 1.69. The van der Waals surface area contributed by atoms with Crippen LogP contribution in [0.25, 0.3) is 6.08 Å². The molecule has 120 valence electrons. The molecule has 2 aromatic carbocycles. The molecular weight excluding hydrogens is 419 g/mol. The van der Waals surface area contributed by atoms with Crippen molar-refractivity contribution in [2.75, 3.05) is 5.32 Å². The maximum Gasteiger partial charge on any atom is 0.363 e. The topological polar surface area (TPSA) is 67.8 Å². The summed E-state index contributed by atoms with van der Waals surface area (Å²) in [4.78, 5) is 27.3. The lowest BCUT2D eigenvalue weighted by Gasteiger charge is -2.03. The Balaban J connectivity index is 1.83. The van der Waals surface area contributed by atoms with Crippen LogP contribution >= 0.6 is 22.6 Å². The first-order chi connectivity index (χ1) is 11.5. The second-order valence-corrected chi connectivity index (χ2v) is 6.39. The molecule has 1 N–H and O–H groups in total. The first-order valence-corrected chi connectivity index (χ1v) is 8.25. The number of nitrogens with one attached hydrogen (secondary N) is 1. The molecule has 2 aromatic rings. The van der Waals surface area contributed by atoms with E-state index in [1.165, 1.54) is 6.92 Å². The van der Waals surface area contributed by atoms with Crippen LogP contribution in [0.2, 0.25) is 0 Å². The van der Waals surface area contributed by atoms with Crippen molar-refractivity contribution >= 4 is 52.1 Å². The molecule has 0 unspecified atom stereocenters. The molecule has 0 saturated heterocycles. The minimum atomic E-state index is -0.477. The molecule has 0 bridgehead atoms. The Morgan fingerprint density at radius 2 is 1.79 bits per heavy atom. The Morgan fingerprint density at radius 3 is 2.42 bits per heavy atom. The van der Waals surface area contributed by atoms with Gasteiger partial charge in [-0.15, -0.1) is 0 Å². The number of cyclic esters (lactones) is 1. The third-order valence-corrected chi connectivity index (χ3v) is 3.97. The van der Waals surface area contributed by atoms with Crippen LogP contribution in [0, 0.1) is 3.57 Å². The Labute approximate surface area is 152 Å². The zero-order valence-electron chi connectivity index (χ0n) is 12.7. The highest BCUT2D eigenvalue weighted by atomic mass is 127. The van der Waals surface area contributed by atoms with E-state index in [0.717, 1.165) is 9.13 Å². The molecular formula is C18H13IN2O3. The van der Waals surface area contributed by atoms with Crippen molar-refractivity contribution in [2.45, 2.75) is 6.92 Å². The molecule has 3 rings (SSSR count). The lowest BCUT2D eigenvalue weighted by atomic mass is 10.2. The third-order valence-electron chi connectivity index (χ3n) is 3.25. The van der Waals surface area contributed by atoms with Crippen molar-refractivity contribution in [1.82, 2.24) is 0 Å². The zero-order chi connectivity index (χ0) is 17.1. The van der Waals surface area contributed by atoms with E-state index >= 15 is 0 Å². The predicted octanol–water partition coefficient (Wildman–Crippen LogP) is 3.59. The van der Waals surface area contributed by atoms with Crippen LogP contribution in [0.4, 0.5) is 5.69 Å². The normalized spacial score (nSPS) is 15.2. The Kier molecular flexibility index (Phi) is 4.75. The summed E-state index contributed by atoms with van der Waals surface area (Å²) >= 11 is 2.22. The Morgan fingerprint density at radius 1 is 1.12 bits per heavy atom. The molecule has 0 atom stereocenters. The monoisotopic (exact) mass is 432 g/mol. The second-order valence-electron chi connectivity index (χ2n) is 5.15. The van der Waals surface area contributed by atoms with E-state index in [2.05, 4.69) is 32.9 Å². The SMILES string of the molecule is CC(=O)Nc1ccc(C2=N/C(=C\c3ccc(I)cc3)C(=O)O2)cc1. The number of halogens is 1. The first-order valence-electron chi connectivity index (χ1n) is 7.17. The van der Waals surface area contributed by atoms with Crippen LogP contribution in [-0.2, 0) is 14.3 Å². The van der Waals surface area contributed by atoms with E-state index in [-0.39, 0.29) is 17.5 Å². The van der Waals surface area contributed by atoms with Crippen LogP contribution in [0.5, 0.6) is 0 Å². The number of rotatable bonds is 3. The fraction of sp³-hybridized carbons (Fsp3) is 0.0556. The predicted molar refractivity (Wildman–Crippen MR) is 101 cm³/mol. The molecule has 1 amide bonds. The third kappa shape index (κ3) is 3.88. The Bertz CT molecular complexity index is 853. The molecule has 1 aliphatic heterocycles. The smallest absolute Gasteiger partial charge is 0.363 e. The summed E-state index contributed by atoms with van der Waals surface area (Å²) in [6.45, 7) is 1.44. The van der Waals surface area contributed by atoms with Gasteiger partial charge in [0.1, 0.15) is 0 Å². The van der Waals surface area contributed by atoms with Crippen molar-refractivity contribution in [2.24, 2.45) is 4.99 Å². The number of esters is 1. The lowest BCUT2D eigenvalue weighted by molar-refractivity contribution is -0.129. The fourth-order valence-corrected chi connectivity index (χ4v) is 2.51. The quantitative estimate of drug-likeness (QED) is 0.458. The largest absolute Gasteiger partial charge is 0.402 e. The molecule has 0 aliphatic carbocycles. The number of amides is 1. The standard InChI is InChI=1S/C18H13IN2O3/c1-11(22)20-15-8-4-13(5-9-15)17-21-16(18(23)24-17)10-12-2-6-14(19)7-3-12/h2-10H,1H3,(H,20,22)/b16-10-. The van der Waals surface area contributed by atoms with Gasteiger partial charge in [0.15, 0.2) is 5.70 Å². The maximum atomic E-state index is 12.0. The van der Waals surface area contributed by atoms with Gasteiger partial charge in [0.2, 0.25) is 11.8 Å². The van der Waals surface area contributed by atoms with Crippen molar-refractivity contribution in [3.63, 3.8) is 0 Å². The van der Waals surface area contributed by atoms with Gasteiger partial charge in [0.05, 0.1) is 0 Å². The molecule has 1 heterocycles. The number of anilines is 1. The van der Waals surface area contributed by atoms with Crippen molar-refractivity contribution in [3.05, 3.63) is 68.9 Å². The number of carbonyl (C=O) groups excluding carboxylic acids is 2. The van der Waals surface area contributed by atoms with Crippen LogP contribution in [0.15, 0.2) is 59.2 Å². The number of hydrogen-bond donors (Lipinski definition) is 1. The zero-order valence-corrected chi connectivity index (χ0v) is 14.9. The number of aliphatic imine (C=N–C) groups is 1. The molecule has 0 spiro atoms. The molecule has 6 heteroatoms. The van der Waals surface area contributed by atoms with Crippen LogP contribution < -0.4 is 5.32 Å². The van der Waals surface area contributed by atoms with E-state index in [4.69, 9.17) is 4.74 Å². The van der Waals surface area contributed by atoms with Gasteiger partial charge in [0, 0.05) is 21.7 Å². The van der Waals surface area contributed by atoms with E-state index in [9.17, 15) is 9.59 Å².